The molecule has 0 N–H and O–H groups in total. The van der Waals surface area contributed by atoms with Crippen molar-refractivity contribution in [2.45, 2.75) is 211 Å². The molecule has 5 fully saturated rings. The highest BCUT2D eigenvalue weighted by Gasteiger charge is 2.79. The van der Waals surface area contributed by atoms with Crippen molar-refractivity contribution in [2.24, 2.45) is 46.3 Å². The fourth-order valence-corrected chi connectivity index (χ4v) is 12.9. The minimum atomic E-state index is -0.836. The third kappa shape index (κ3) is 8.18. The molecular formula is C42H72Cl2O. The first-order chi connectivity index (χ1) is 21.9. The fourth-order valence-electron chi connectivity index (χ4n) is 11.8. The number of hydrogen-bond acceptors (Lipinski definition) is 1. The minimum Gasteiger partial charge on any atom is -0.298 e. The van der Waals surface area contributed by atoms with Crippen LogP contribution in [0.4, 0.5) is 0 Å². The fraction of sp³-hybridized carbons (Fsp3) is 0.976. The predicted molar refractivity (Wildman–Crippen MR) is 195 cm³/mol. The molecule has 0 aromatic heterocycles. The highest BCUT2D eigenvalue weighted by Crippen LogP contribution is 2.75. The van der Waals surface area contributed by atoms with Gasteiger partial charge in [-0.05, 0) is 113 Å². The van der Waals surface area contributed by atoms with Gasteiger partial charge in [-0.3, -0.25) is 4.79 Å². The van der Waals surface area contributed by atoms with Gasteiger partial charge in [0, 0.05) is 0 Å². The van der Waals surface area contributed by atoms with E-state index in [2.05, 4.69) is 13.8 Å². The average Bonchev–Trinajstić information content (AvgIpc) is 3.08. The Morgan fingerprint density at radius 1 is 0.467 bits per heavy atom. The Balaban J connectivity index is 0.993. The molecule has 45 heavy (non-hydrogen) atoms. The molecule has 260 valence electrons. The number of rotatable bonds is 16. The molecule has 0 amide bonds. The lowest BCUT2D eigenvalue weighted by atomic mass is 9.41. The lowest BCUT2D eigenvalue weighted by Gasteiger charge is -2.67. The van der Waals surface area contributed by atoms with Gasteiger partial charge in [0.25, 0.3) is 0 Å². The van der Waals surface area contributed by atoms with E-state index in [-0.39, 0.29) is 0 Å². The zero-order valence-corrected chi connectivity index (χ0v) is 31.4. The van der Waals surface area contributed by atoms with Crippen LogP contribution in [-0.2, 0) is 4.79 Å². The predicted octanol–water partition coefficient (Wildman–Crippen LogP) is 14.2. The number of carbonyl (C=O) groups is 1. The molecule has 0 bridgehead atoms. The van der Waals surface area contributed by atoms with E-state index in [0.29, 0.717) is 5.78 Å². The van der Waals surface area contributed by atoms with Crippen molar-refractivity contribution >= 4 is 29.0 Å². The molecule has 5 aliphatic carbocycles. The number of unbranched alkanes of at least 4 members (excludes halogenated alkanes) is 10. The smallest absolute Gasteiger partial charge is 0.151 e. The van der Waals surface area contributed by atoms with Crippen molar-refractivity contribution in [1.29, 1.82) is 0 Å². The van der Waals surface area contributed by atoms with Crippen LogP contribution in [0.25, 0.3) is 0 Å². The average molecular weight is 664 g/mol. The van der Waals surface area contributed by atoms with Gasteiger partial charge < -0.3 is 0 Å². The Hall–Kier alpha value is 0.250. The zero-order chi connectivity index (χ0) is 31.8. The van der Waals surface area contributed by atoms with E-state index in [0.717, 1.165) is 61.2 Å². The van der Waals surface area contributed by atoms with E-state index < -0.39 is 15.2 Å². The summed E-state index contributed by atoms with van der Waals surface area (Å²) >= 11 is 14.8. The first-order valence-corrected chi connectivity index (χ1v) is 21.5. The molecule has 0 atom stereocenters. The summed E-state index contributed by atoms with van der Waals surface area (Å²) in [6.07, 6.45) is 40.0. The Kier molecular flexibility index (Phi) is 14.0. The summed E-state index contributed by atoms with van der Waals surface area (Å²) in [5.41, 5.74) is -0.882. The van der Waals surface area contributed by atoms with Crippen LogP contribution >= 0.6 is 23.2 Å². The van der Waals surface area contributed by atoms with Gasteiger partial charge in [0.05, 0.1) is 10.8 Å². The van der Waals surface area contributed by atoms with E-state index in [1.807, 2.05) is 0 Å². The number of ketones is 1. The van der Waals surface area contributed by atoms with Crippen LogP contribution < -0.4 is 0 Å². The van der Waals surface area contributed by atoms with E-state index >= 15 is 0 Å². The SMILES string of the molecule is CCCCCCCCCCC1CCC([C@H]2CC[C@@]3(CC2)C(=O)[C@]2(CCC(C4CCC(CCCCCC)CC4)CC2)C3(Cl)Cl)CC1. The van der Waals surface area contributed by atoms with Gasteiger partial charge in [-0.15, -0.1) is 0 Å². The first kappa shape index (κ1) is 36.5. The van der Waals surface area contributed by atoms with Crippen molar-refractivity contribution < 1.29 is 4.79 Å². The van der Waals surface area contributed by atoms with Crippen molar-refractivity contribution in [3.63, 3.8) is 0 Å². The monoisotopic (exact) mass is 662 g/mol. The van der Waals surface area contributed by atoms with Crippen molar-refractivity contribution in [3.05, 3.63) is 0 Å². The van der Waals surface area contributed by atoms with Gasteiger partial charge in [-0.25, -0.2) is 0 Å². The summed E-state index contributed by atoms with van der Waals surface area (Å²) < 4.78 is -0.836. The summed E-state index contributed by atoms with van der Waals surface area (Å²) in [5, 5.41) is 0. The topological polar surface area (TPSA) is 17.1 Å². The van der Waals surface area contributed by atoms with E-state index in [4.69, 9.17) is 23.2 Å². The summed E-state index contributed by atoms with van der Waals surface area (Å²) in [4.78, 5) is 14.2. The molecule has 0 unspecified atom stereocenters. The molecular weight excluding hydrogens is 591 g/mol. The molecule has 0 aromatic carbocycles. The molecule has 2 spiro atoms. The second-order valence-corrected chi connectivity index (χ2v) is 18.7. The van der Waals surface area contributed by atoms with Crippen LogP contribution in [0.5, 0.6) is 0 Å². The summed E-state index contributed by atoms with van der Waals surface area (Å²) in [6.45, 7) is 4.61. The highest BCUT2D eigenvalue weighted by molar-refractivity contribution is 6.55. The third-order valence-electron chi connectivity index (χ3n) is 14.9. The standard InChI is InChI=1S/C42H72Cl2O/c1-3-5-7-9-10-11-12-14-16-34-19-23-36(24-20-34)38-27-31-41(32-28-38)39(45)40(42(41,43)44)29-25-37(26-30-40)35-21-17-33(18-22-35)15-13-8-6-4-2/h33-38H,3-32H2,1-2H3/t33?,34?,35?,36?,37?,38-,40-,41+. The van der Waals surface area contributed by atoms with Crippen LogP contribution in [-0.4, -0.2) is 10.1 Å². The van der Waals surface area contributed by atoms with Crippen LogP contribution in [0.15, 0.2) is 0 Å². The number of hydrogen-bond donors (Lipinski definition) is 0. The molecule has 0 aromatic rings. The van der Waals surface area contributed by atoms with Gasteiger partial charge in [-0.2, -0.15) is 0 Å². The van der Waals surface area contributed by atoms with Crippen molar-refractivity contribution in [3.8, 4) is 0 Å². The van der Waals surface area contributed by atoms with E-state index in [1.54, 1.807) is 0 Å². The maximum absolute atomic E-state index is 14.2. The molecule has 3 heteroatoms. The number of carbonyl (C=O) groups excluding carboxylic acids is 1. The number of alkyl halides is 2. The van der Waals surface area contributed by atoms with E-state index in [9.17, 15) is 4.79 Å². The summed E-state index contributed by atoms with van der Waals surface area (Å²) in [6, 6.07) is 0. The Labute approximate surface area is 289 Å². The number of Topliss-reactive ketones (excluding diaryl/α,β-unsaturated/α-hetero) is 1. The molecule has 0 heterocycles. The van der Waals surface area contributed by atoms with E-state index in [1.165, 1.54) is 167 Å². The first-order valence-electron chi connectivity index (χ1n) is 20.8. The number of halogens is 2. The van der Waals surface area contributed by atoms with Gasteiger partial charge in [0.2, 0.25) is 0 Å². The lowest BCUT2D eigenvalue weighted by Crippen LogP contribution is -2.74. The molecule has 5 rings (SSSR count). The second kappa shape index (κ2) is 17.3. The normalized spacial score (nSPS) is 38.4. The van der Waals surface area contributed by atoms with Gasteiger partial charge in [0.15, 0.2) is 5.78 Å². The molecule has 0 radical (unpaired) electrons. The van der Waals surface area contributed by atoms with Gasteiger partial charge >= 0.3 is 0 Å². The summed E-state index contributed by atoms with van der Waals surface area (Å²) in [5.74, 6) is 5.79. The Morgan fingerprint density at radius 2 is 0.778 bits per heavy atom. The second-order valence-electron chi connectivity index (χ2n) is 17.4. The quantitative estimate of drug-likeness (QED) is 0.119. The molecule has 5 aliphatic rings. The minimum absolute atomic E-state index is 0.441. The lowest BCUT2D eigenvalue weighted by molar-refractivity contribution is -0.173. The van der Waals surface area contributed by atoms with Crippen molar-refractivity contribution in [1.82, 2.24) is 0 Å². The zero-order valence-electron chi connectivity index (χ0n) is 29.8. The maximum atomic E-state index is 14.2. The molecule has 1 nitrogen and oxygen atoms in total. The molecule has 5 saturated carbocycles. The van der Waals surface area contributed by atoms with Crippen molar-refractivity contribution in [2.75, 3.05) is 0 Å². The Morgan fingerprint density at radius 3 is 1.13 bits per heavy atom. The third-order valence-corrected chi connectivity index (χ3v) is 16.3. The highest BCUT2D eigenvalue weighted by atomic mass is 35.5. The van der Waals surface area contributed by atoms with Crippen LogP contribution in [0, 0.1) is 46.3 Å². The van der Waals surface area contributed by atoms with Gasteiger partial charge in [-0.1, -0.05) is 153 Å². The summed E-state index contributed by atoms with van der Waals surface area (Å²) in [7, 11) is 0. The largest absolute Gasteiger partial charge is 0.298 e. The van der Waals surface area contributed by atoms with Crippen LogP contribution in [0.1, 0.15) is 206 Å². The maximum Gasteiger partial charge on any atom is 0.151 e. The van der Waals surface area contributed by atoms with Crippen LogP contribution in [0.2, 0.25) is 0 Å². The molecule has 0 saturated heterocycles. The van der Waals surface area contributed by atoms with Gasteiger partial charge in [0.1, 0.15) is 4.33 Å². The Bertz CT molecular complexity index is 863. The van der Waals surface area contributed by atoms with Crippen LogP contribution in [0.3, 0.4) is 0 Å². The molecule has 0 aliphatic heterocycles.